The molecule has 0 bridgehead atoms. The molecule has 0 saturated heterocycles. The van der Waals surface area contributed by atoms with Gasteiger partial charge in [0.2, 0.25) is 0 Å². The number of urea groups is 1. The molecule has 29 nitrogen and oxygen atoms in total. The summed E-state index contributed by atoms with van der Waals surface area (Å²) in [5.74, 6) is -2.99. The lowest BCUT2D eigenvalue weighted by atomic mass is 10.1. The van der Waals surface area contributed by atoms with Crippen molar-refractivity contribution in [3.05, 3.63) is 167 Å². The van der Waals surface area contributed by atoms with Gasteiger partial charge in [-0.05, 0) is 134 Å². The van der Waals surface area contributed by atoms with Crippen molar-refractivity contribution >= 4 is 152 Å². The number of carbonyl (C=O) groups is 5. The van der Waals surface area contributed by atoms with Crippen LogP contribution in [-0.4, -0.2) is 84.3 Å². The second kappa shape index (κ2) is 27.0. The molecule has 0 unspecified atom stereocenters. The van der Waals surface area contributed by atoms with E-state index in [4.69, 9.17) is 15.8 Å². The SMILES string of the molecule is Cc1ccc(C(=O)Nc2ccc(S(=O)(=O)O)c3cc(S(=O)(=O)O)cc(SOOO)c23)cc1NC(=O)c1cccc(NC(=O)Nc2cccc(C(=O)Nc3cc(C(=O)Nc4ccc(SOOO)c5cc(SOOO)cc(S(=O)(=O)O)c45)ccc3C)c2)c1. The molecule has 8 rings (SSSR count). The Labute approximate surface area is 497 Å². The lowest BCUT2D eigenvalue weighted by molar-refractivity contribution is -0.432. The van der Waals surface area contributed by atoms with Crippen LogP contribution in [0.4, 0.5) is 38.9 Å². The van der Waals surface area contributed by atoms with Gasteiger partial charge in [-0.3, -0.25) is 32.8 Å². The summed E-state index contributed by atoms with van der Waals surface area (Å²) in [6.07, 6.45) is 0. The molecule has 0 aromatic heterocycles. The van der Waals surface area contributed by atoms with Crippen molar-refractivity contribution in [2.24, 2.45) is 0 Å². The first kappa shape index (κ1) is 63.9. The Kier molecular flexibility index (Phi) is 20.1. The Morgan fingerprint density at radius 2 is 0.860 bits per heavy atom. The molecule has 0 saturated carbocycles. The van der Waals surface area contributed by atoms with E-state index in [1.807, 2.05) is 0 Å². The average Bonchev–Trinajstić information content (AvgIpc) is 1.83. The van der Waals surface area contributed by atoms with Crippen molar-refractivity contribution in [2.45, 2.75) is 43.2 Å². The number of hydrogen-bond donors (Lipinski definition) is 12. The molecule has 0 atom stereocenters. The average molecular weight is 1300 g/mol. The van der Waals surface area contributed by atoms with E-state index in [2.05, 4.69) is 60.0 Å². The zero-order valence-electron chi connectivity index (χ0n) is 43.3. The Hall–Kier alpha value is -8.15. The first-order valence-electron chi connectivity index (χ1n) is 23.6. The monoisotopic (exact) mass is 1300 g/mol. The molecule has 0 aliphatic carbocycles. The van der Waals surface area contributed by atoms with E-state index in [0.29, 0.717) is 35.2 Å². The summed E-state index contributed by atoms with van der Waals surface area (Å²) in [4.78, 5) is 65.6. The highest BCUT2D eigenvalue weighted by molar-refractivity contribution is 7.95. The third-order valence-corrected chi connectivity index (χ3v) is 16.6. The van der Waals surface area contributed by atoms with Crippen LogP contribution in [0.25, 0.3) is 21.5 Å². The van der Waals surface area contributed by atoms with Crippen molar-refractivity contribution in [1.82, 2.24) is 0 Å². The number of anilines is 6. The van der Waals surface area contributed by atoms with Gasteiger partial charge in [-0.15, -0.1) is 13.0 Å². The molecule has 35 heteroatoms. The Bertz CT molecular complexity index is 4410. The van der Waals surface area contributed by atoms with Gasteiger partial charge in [0.15, 0.2) is 0 Å². The first-order chi connectivity index (χ1) is 40.8. The van der Waals surface area contributed by atoms with Crippen molar-refractivity contribution in [3.63, 3.8) is 0 Å². The van der Waals surface area contributed by atoms with Gasteiger partial charge in [0.1, 0.15) is 9.79 Å². The van der Waals surface area contributed by atoms with Crippen molar-refractivity contribution in [1.29, 1.82) is 0 Å². The summed E-state index contributed by atoms with van der Waals surface area (Å²) in [6.45, 7) is 3.27. The van der Waals surface area contributed by atoms with Crippen LogP contribution in [0.5, 0.6) is 0 Å². The molecule has 448 valence electrons. The van der Waals surface area contributed by atoms with E-state index < -0.39 is 80.1 Å². The highest BCUT2D eigenvalue weighted by atomic mass is 32.2. The number of carbonyl (C=O) groups excluding carboxylic acids is 5. The van der Waals surface area contributed by atoms with Crippen molar-refractivity contribution in [3.8, 4) is 0 Å². The van der Waals surface area contributed by atoms with E-state index in [9.17, 15) is 62.9 Å². The molecular weight excluding hydrogens is 1260 g/mol. The number of fused-ring (bicyclic) bond motifs is 2. The van der Waals surface area contributed by atoms with Crippen LogP contribution in [0.3, 0.4) is 0 Å². The summed E-state index contributed by atoms with van der Waals surface area (Å²) in [6, 6.07) is 27.6. The molecular formula is C51H40N6O23S6. The number of nitrogens with one attached hydrogen (secondary N) is 6. The Morgan fingerprint density at radius 3 is 1.35 bits per heavy atom. The second-order valence-corrected chi connectivity index (χ2v) is 24.1. The maximum Gasteiger partial charge on any atom is 0.323 e. The maximum absolute atomic E-state index is 13.8. The molecule has 8 aromatic carbocycles. The normalized spacial score (nSPS) is 11.7. The van der Waals surface area contributed by atoms with Gasteiger partial charge in [-0.1, -0.05) is 39.4 Å². The van der Waals surface area contributed by atoms with Crippen LogP contribution >= 0.6 is 36.1 Å². The molecule has 6 amide bonds. The van der Waals surface area contributed by atoms with Crippen LogP contribution in [0.1, 0.15) is 52.6 Å². The number of rotatable bonds is 22. The highest BCUT2D eigenvalue weighted by Gasteiger charge is 2.26. The lowest BCUT2D eigenvalue weighted by Gasteiger charge is -2.16. The molecule has 12 N–H and O–H groups in total. The molecule has 0 fully saturated rings. The van der Waals surface area contributed by atoms with Crippen LogP contribution in [-0.2, 0) is 58.5 Å². The Morgan fingerprint density at radius 1 is 0.407 bits per heavy atom. The summed E-state index contributed by atoms with van der Waals surface area (Å²) in [7, 11) is -15.1. The van der Waals surface area contributed by atoms with Crippen LogP contribution < -0.4 is 31.9 Å². The van der Waals surface area contributed by atoms with E-state index in [1.54, 1.807) is 13.8 Å². The third kappa shape index (κ3) is 15.4. The zero-order valence-corrected chi connectivity index (χ0v) is 48.2. The standard InChI is InChI=1S/C51H40N6O23S6/c1-25-9-11-29(49(60)54-37-14-16-43(85(69,70)71)36-23-34(84(66,67)68)24-42(45(36)37)83-80-77-65)19-39(25)56-47(58)27-5-3-7-31(17-27)52-51(62)53-32-8-4-6-28(18-32)48(59)57-40-20-30(12-10-26(40)2)50(61)55-38-13-15-41(82-79-76-64)35-21-33(81-78-75-63)22-44(46(35)38)86(72,73)74/h3-24,63-65H,1-2H3,(H,54,60)(H,55,61)(H,56,58)(H,57,59)(H2,52,53,62)(H,66,67,68)(H,69,70,71)(H,72,73,74). The predicted octanol–water partition coefficient (Wildman–Crippen LogP) is 10.3. The summed E-state index contributed by atoms with van der Waals surface area (Å²) >= 11 is 0.950. The Balaban J connectivity index is 0.930. The topological polar surface area (TPSA) is 437 Å². The fraction of sp³-hybridized carbons (Fsp3) is 0.0392. The fourth-order valence-corrected chi connectivity index (χ4v) is 11.9. The van der Waals surface area contributed by atoms with Crippen LogP contribution in [0, 0.1) is 13.8 Å². The van der Waals surface area contributed by atoms with E-state index in [1.165, 1.54) is 103 Å². The highest BCUT2D eigenvalue weighted by Crippen LogP contribution is 2.42. The minimum absolute atomic E-state index is 0.0158. The first-order valence-corrected chi connectivity index (χ1v) is 30.1. The van der Waals surface area contributed by atoms with Gasteiger partial charge < -0.3 is 31.9 Å². The van der Waals surface area contributed by atoms with Crippen LogP contribution in [0.15, 0.2) is 163 Å². The quantitative estimate of drug-likeness (QED) is 0.0130. The van der Waals surface area contributed by atoms with Gasteiger partial charge in [-0.25, -0.2) is 20.6 Å². The minimum atomic E-state index is -5.06. The zero-order chi connectivity index (χ0) is 62.3. The predicted molar refractivity (Wildman–Crippen MR) is 309 cm³/mol. The van der Waals surface area contributed by atoms with Crippen LogP contribution in [0.2, 0.25) is 0 Å². The molecule has 0 radical (unpaired) electrons. The third-order valence-electron chi connectivity index (χ3n) is 12.1. The van der Waals surface area contributed by atoms with Gasteiger partial charge in [0.25, 0.3) is 54.0 Å². The smallest absolute Gasteiger partial charge is 0.322 e. The summed E-state index contributed by atoms with van der Waals surface area (Å²) < 4.78 is 118. The summed E-state index contributed by atoms with van der Waals surface area (Å²) in [5.41, 5.74) is 1.36. The van der Waals surface area contributed by atoms with Gasteiger partial charge in [0, 0.05) is 81.2 Å². The van der Waals surface area contributed by atoms with Crippen molar-refractivity contribution in [2.75, 3.05) is 31.9 Å². The molecule has 8 aromatic rings. The van der Waals surface area contributed by atoms with Gasteiger partial charge >= 0.3 is 6.03 Å². The van der Waals surface area contributed by atoms with E-state index in [0.717, 1.165) is 30.3 Å². The maximum atomic E-state index is 13.8. The second-order valence-electron chi connectivity index (χ2n) is 17.6. The van der Waals surface area contributed by atoms with E-state index in [-0.39, 0.29) is 99.3 Å². The summed E-state index contributed by atoms with van der Waals surface area (Å²) in [5, 5.41) is 51.9. The fourth-order valence-electron chi connectivity index (χ4n) is 8.26. The largest absolute Gasteiger partial charge is 0.323 e. The number of aryl methyl sites for hydroxylation is 2. The van der Waals surface area contributed by atoms with Crippen molar-refractivity contribution < 1.29 is 107 Å². The molecule has 86 heavy (non-hydrogen) atoms. The minimum Gasteiger partial charge on any atom is -0.322 e. The number of benzene rings is 8. The molecule has 0 spiro atoms. The lowest BCUT2D eigenvalue weighted by Crippen LogP contribution is -2.21. The molecule has 0 aliphatic rings. The van der Waals surface area contributed by atoms with Gasteiger partial charge in [0.05, 0.1) is 52.4 Å². The molecule has 0 aliphatic heterocycles. The number of amides is 6. The number of hydrogen-bond acceptors (Lipinski definition) is 23. The molecule has 0 heterocycles. The van der Waals surface area contributed by atoms with E-state index >= 15 is 0 Å². The van der Waals surface area contributed by atoms with Gasteiger partial charge in [-0.2, -0.15) is 25.3 Å².